The van der Waals surface area contributed by atoms with Crippen molar-refractivity contribution in [1.29, 1.82) is 0 Å². The lowest BCUT2D eigenvalue weighted by Gasteiger charge is -2.42. The van der Waals surface area contributed by atoms with Gasteiger partial charge in [0.25, 0.3) is 0 Å². The Labute approximate surface area is 224 Å². The number of nitrogens with zero attached hydrogens (tertiary/aromatic N) is 5. The molecular formula is C25H32BrClFN5O3. The number of amides is 1. The first kappa shape index (κ1) is 25.7. The number of carbonyl (C=O) groups is 1. The molecule has 5 rings (SSSR count). The van der Waals surface area contributed by atoms with E-state index >= 15 is 4.39 Å². The van der Waals surface area contributed by atoms with Crippen LogP contribution in [0.15, 0.2) is 10.5 Å². The lowest BCUT2D eigenvalue weighted by atomic mass is 10.1. The van der Waals surface area contributed by atoms with Crippen LogP contribution in [0.5, 0.6) is 6.01 Å². The van der Waals surface area contributed by atoms with Crippen LogP contribution in [0.4, 0.5) is 15.0 Å². The van der Waals surface area contributed by atoms with Gasteiger partial charge >= 0.3 is 12.1 Å². The molecule has 3 aliphatic rings. The van der Waals surface area contributed by atoms with Crippen molar-refractivity contribution in [2.75, 3.05) is 38.2 Å². The number of likely N-dealkylation sites (N-methyl/N-ethyl adjacent to an activating group) is 1. The molecule has 2 unspecified atom stereocenters. The molecule has 3 fully saturated rings. The largest absolute Gasteiger partial charge is 0.462 e. The molecule has 2 aromatic rings. The minimum Gasteiger partial charge on any atom is -0.462 e. The lowest BCUT2D eigenvalue weighted by Crippen LogP contribution is -2.57. The van der Waals surface area contributed by atoms with Gasteiger partial charge in [0.05, 0.1) is 21.6 Å². The van der Waals surface area contributed by atoms with Gasteiger partial charge in [-0.3, -0.25) is 4.90 Å². The van der Waals surface area contributed by atoms with Crippen LogP contribution < -0.4 is 9.64 Å². The summed E-state index contributed by atoms with van der Waals surface area (Å²) in [5.41, 5.74) is -0.398. The number of anilines is 1. The molecule has 3 aliphatic heterocycles. The van der Waals surface area contributed by atoms with Gasteiger partial charge in [0.1, 0.15) is 23.5 Å². The number of rotatable bonds is 4. The number of ether oxygens (including phenoxy) is 2. The lowest BCUT2D eigenvalue weighted by molar-refractivity contribution is 0.0123. The molecular weight excluding hydrogens is 553 g/mol. The van der Waals surface area contributed by atoms with Gasteiger partial charge in [0.15, 0.2) is 5.82 Å². The summed E-state index contributed by atoms with van der Waals surface area (Å²) in [6, 6.07) is 2.08. The van der Waals surface area contributed by atoms with Crippen LogP contribution in [0.2, 0.25) is 5.02 Å². The van der Waals surface area contributed by atoms with Crippen molar-refractivity contribution < 1.29 is 18.7 Å². The number of fused-ring (bicyclic) bond motifs is 3. The van der Waals surface area contributed by atoms with Gasteiger partial charge < -0.3 is 19.3 Å². The summed E-state index contributed by atoms with van der Waals surface area (Å²) >= 11 is 9.57. The molecule has 1 aromatic heterocycles. The highest BCUT2D eigenvalue weighted by Gasteiger charge is 2.45. The Morgan fingerprint density at radius 2 is 1.92 bits per heavy atom. The number of hydrogen-bond donors (Lipinski definition) is 0. The Hall–Kier alpha value is -1.91. The van der Waals surface area contributed by atoms with E-state index in [1.807, 2.05) is 25.7 Å². The number of carbonyl (C=O) groups excluding carboxylic acids is 1. The maximum atomic E-state index is 15.3. The van der Waals surface area contributed by atoms with Crippen LogP contribution in [0.25, 0.3) is 10.9 Å². The average Bonchev–Trinajstić information content (AvgIpc) is 3.34. The van der Waals surface area contributed by atoms with Crippen molar-refractivity contribution in [2.45, 2.75) is 70.2 Å². The van der Waals surface area contributed by atoms with Crippen molar-refractivity contribution in [2.24, 2.45) is 0 Å². The molecule has 196 valence electrons. The summed E-state index contributed by atoms with van der Waals surface area (Å²) in [5.74, 6) is 0.0307. The molecule has 8 nitrogen and oxygen atoms in total. The summed E-state index contributed by atoms with van der Waals surface area (Å²) in [6.45, 7) is 8.20. The number of benzene rings is 1. The van der Waals surface area contributed by atoms with Crippen molar-refractivity contribution in [1.82, 2.24) is 19.8 Å². The molecule has 0 spiro atoms. The summed E-state index contributed by atoms with van der Waals surface area (Å²) < 4.78 is 27.2. The molecule has 0 saturated carbocycles. The number of aromatic nitrogens is 2. The number of halogens is 3. The quantitative estimate of drug-likeness (QED) is 0.455. The van der Waals surface area contributed by atoms with E-state index in [2.05, 4.69) is 37.8 Å². The molecule has 1 aromatic carbocycles. The fraction of sp³-hybridized carbons (Fsp3) is 0.640. The number of piperazine rings is 1. The summed E-state index contributed by atoms with van der Waals surface area (Å²) in [7, 11) is 2.08. The Bertz CT molecular complexity index is 1160. The SMILES string of the molecule is CN1CCC[C@H]1COc1nc(N2CC3CCC(C2)N3C(=O)OC(C)(C)C)c2cc(Cl)c(Br)c(F)c2n1. The molecule has 3 atom stereocenters. The normalized spacial score (nSPS) is 24.6. The van der Waals surface area contributed by atoms with Gasteiger partial charge in [0, 0.05) is 24.5 Å². The third-order valence-corrected chi connectivity index (χ3v) is 8.55. The minimum absolute atomic E-state index is 0.0177. The Morgan fingerprint density at radius 1 is 1.22 bits per heavy atom. The van der Waals surface area contributed by atoms with E-state index in [1.54, 1.807) is 6.07 Å². The van der Waals surface area contributed by atoms with Crippen LogP contribution >= 0.6 is 27.5 Å². The third kappa shape index (κ3) is 4.96. The Kier molecular flexibility index (Phi) is 6.97. The highest BCUT2D eigenvalue weighted by atomic mass is 79.9. The second-order valence-electron chi connectivity index (χ2n) is 11.0. The van der Waals surface area contributed by atoms with E-state index in [9.17, 15) is 4.79 Å². The first-order valence-electron chi connectivity index (χ1n) is 12.5. The fourth-order valence-corrected chi connectivity index (χ4v) is 5.99. The number of likely N-dealkylation sites (tertiary alicyclic amines) is 1. The van der Waals surface area contributed by atoms with E-state index in [1.165, 1.54) is 0 Å². The van der Waals surface area contributed by atoms with Crippen molar-refractivity contribution in [3.63, 3.8) is 0 Å². The molecule has 0 aliphatic carbocycles. The van der Waals surface area contributed by atoms with E-state index < -0.39 is 11.4 Å². The van der Waals surface area contributed by atoms with Gasteiger partial charge in [0.2, 0.25) is 0 Å². The summed E-state index contributed by atoms with van der Waals surface area (Å²) in [4.78, 5) is 28.3. The van der Waals surface area contributed by atoms with E-state index in [0.717, 1.165) is 32.2 Å². The van der Waals surface area contributed by atoms with E-state index in [-0.39, 0.29) is 45.2 Å². The third-order valence-electron chi connectivity index (χ3n) is 7.25. The van der Waals surface area contributed by atoms with E-state index in [4.69, 9.17) is 26.1 Å². The molecule has 0 N–H and O–H groups in total. The first-order valence-corrected chi connectivity index (χ1v) is 13.6. The Balaban J connectivity index is 1.46. The average molecular weight is 585 g/mol. The molecule has 36 heavy (non-hydrogen) atoms. The van der Waals surface area contributed by atoms with Gasteiger partial charge in [-0.25, -0.2) is 9.18 Å². The predicted molar refractivity (Wildman–Crippen MR) is 140 cm³/mol. The van der Waals surface area contributed by atoms with E-state index in [0.29, 0.717) is 30.9 Å². The van der Waals surface area contributed by atoms with Crippen molar-refractivity contribution in [3.05, 3.63) is 21.4 Å². The zero-order valence-corrected chi connectivity index (χ0v) is 23.4. The topological polar surface area (TPSA) is 71.0 Å². The minimum atomic E-state index is -0.558. The second kappa shape index (κ2) is 9.76. The van der Waals surface area contributed by atoms with Crippen molar-refractivity contribution >= 4 is 50.3 Å². The van der Waals surface area contributed by atoms with Gasteiger partial charge in [-0.1, -0.05) is 11.6 Å². The standard InChI is InChI=1S/C25H32BrClFN5O3/c1-25(2,3)36-24(34)33-14-7-8-15(33)12-32(11-14)22-17-10-18(27)19(26)20(28)21(17)29-23(30-22)35-13-16-6-5-9-31(16)4/h10,14-16H,5-9,11-13H2,1-4H3/t14?,15?,16-/m0/s1. The molecule has 1 amide bonds. The maximum absolute atomic E-state index is 15.3. The van der Waals surface area contributed by atoms with Crippen LogP contribution in [0.3, 0.4) is 0 Å². The highest BCUT2D eigenvalue weighted by Crippen LogP contribution is 2.39. The van der Waals surface area contributed by atoms with Crippen molar-refractivity contribution in [3.8, 4) is 6.01 Å². The molecule has 0 radical (unpaired) electrons. The molecule has 3 saturated heterocycles. The van der Waals surface area contributed by atoms with Crippen LogP contribution in [-0.4, -0.2) is 82.9 Å². The van der Waals surface area contributed by atoms with Crippen LogP contribution in [0, 0.1) is 5.82 Å². The molecule has 11 heteroatoms. The second-order valence-corrected chi connectivity index (χ2v) is 12.2. The van der Waals surface area contributed by atoms with Crippen LogP contribution in [-0.2, 0) is 4.74 Å². The zero-order valence-electron chi connectivity index (χ0n) is 21.1. The fourth-order valence-electron chi connectivity index (χ4n) is 5.49. The Morgan fingerprint density at radius 3 is 2.53 bits per heavy atom. The summed E-state index contributed by atoms with van der Waals surface area (Å²) in [5, 5.41) is 0.776. The molecule has 4 heterocycles. The first-order chi connectivity index (χ1) is 17.0. The van der Waals surface area contributed by atoms with Gasteiger partial charge in [-0.15, -0.1) is 0 Å². The molecule has 2 bridgehead atoms. The zero-order chi connectivity index (χ0) is 25.8. The monoisotopic (exact) mass is 583 g/mol. The maximum Gasteiger partial charge on any atom is 0.410 e. The summed E-state index contributed by atoms with van der Waals surface area (Å²) in [6.07, 6.45) is 3.63. The van der Waals surface area contributed by atoms with Crippen LogP contribution in [0.1, 0.15) is 46.5 Å². The van der Waals surface area contributed by atoms with Gasteiger partial charge in [-0.05, 0) is 82.0 Å². The van der Waals surface area contributed by atoms with Gasteiger partial charge in [-0.2, -0.15) is 9.97 Å². The predicted octanol–water partition coefficient (Wildman–Crippen LogP) is 5.25. The highest BCUT2D eigenvalue weighted by molar-refractivity contribution is 9.10. The number of hydrogen-bond acceptors (Lipinski definition) is 7. The smallest absolute Gasteiger partial charge is 0.410 e.